The molecule has 0 aliphatic carbocycles. The zero-order valence-corrected chi connectivity index (χ0v) is 8.66. The maximum Gasteiger partial charge on any atom is 0.216 e. The molecule has 0 bridgehead atoms. The van der Waals surface area contributed by atoms with E-state index < -0.39 is 0 Å². The lowest BCUT2D eigenvalue weighted by Crippen LogP contribution is -2.40. The minimum atomic E-state index is 0.00828. The predicted octanol–water partition coefficient (Wildman–Crippen LogP) is 0.0334. The monoisotopic (exact) mass is 198 g/mol. The van der Waals surface area contributed by atoms with Crippen molar-refractivity contribution in [1.82, 2.24) is 10.2 Å². The predicted molar refractivity (Wildman–Crippen MR) is 53.9 cm³/mol. The molecular formula is C10H18N2O2. The molecule has 1 saturated heterocycles. The normalized spacial score (nSPS) is 23.1. The third kappa shape index (κ3) is 3.87. The number of aldehydes is 1. The highest BCUT2D eigenvalue weighted by atomic mass is 16.1. The number of amides is 1. The Kier molecular flexibility index (Phi) is 4.59. The van der Waals surface area contributed by atoms with Gasteiger partial charge in [-0.25, -0.2) is 0 Å². The van der Waals surface area contributed by atoms with Gasteiger partial charge in [-0.3, -0.25) is 4.79 Å². The van der Waals surface area contributed by atoms with E-state index in [-0.39, 0.29) is 11.8 Å². The quantitative estimate of drug-likeness (QED) is 0.649. The first-order valence-corrected chi connectivity index (χ1v) is 5.14. The van der Waals surface area contributed by atoms with E-state index in [1.165, 1.54) is 6.92 Å². The number of rotatable bonds is 4. The number of hydrogen-bond donors (Lipinski definition) is 1. The van der Waals surface area contributed by atoms with Crippen LogP contribution in [0.3, 0.4) is 0 Å². The number of piperidine rings is 1. The molecule has 80 valence electrons. The number of carbonyl (C=O) groups excluding carboxylic acids is 2. The van der Waals surface area contributed by atoms with Gasteiger partial charge in [0.1, 0.15) is 6.29 Å². The Hall–Kier alpha value is -0.900. The summed E-state index contributed by atoms with van der Waals surface area (Å²) < 4.78 is 0. The third-order valence-electron chi connectivity index (χ3n) is 2.54. The van der Waals surface area contributed by atoms with Crippen molar-refractivity contribution in [2.75, 3.05) is 26.2 Å². The molecule has 0 radical (unpaired) electrons. The van der Waals surface area contributed by atoms with E-state index in [1.807, 2.05) is 0 Å². The zero-order valence-electron chi connectivity index (χ0n) is 8.66. The number of likely N-dealkylation sites (tertiary alicyclic amines) is 1. The van der Waals surface area contributed by atoms with E-state index in [0.717, 1.165) is 38.8 Å². The lowest BCUT2D eigenvalue weighted by Gasteiger charge is -2.29. The zero-order chi connectivity index (χ0) is 10.4. The van der Waals surface area contributed by atoms with Gasteiger partial charge in [-0.15, -0.1) is 0 Å². The van der Waals surface area contributed by atoms with Crippen molar-refractivity contribution in [3.05, 3.63) is 0 Å². The Balaban J connectivity index is 2.17. The molecule has 0 aromatic heterocycles. The lowest BCUT2D eigenvalue weighted by atomic mass is 10.00. The van der Waals surface area contributed by atoms with Crippen molar-refractivity contribution >= 4 is 12.2 Å². The van der Waals surface area contributed by atoms with Crippen LogP contribution in [0.25, 0.3) is 0 Å². The third-order valence-corrected chi connectivity index (χ3v) is 2.54. The van der Waals surface area contributed by atoms with E-state index in [2.05, 4.69) is 10.2 Å². The molecular weight excluding hydrogens is 180 g/mol. The van der Waals surface area contributed by atoms with Crippen LogP contribution in [0.15, 0.2) is 0 Å². The van der Waals surface area contributed by atoms with Crippen molar-refractivity contribution in [2.24, 2.45) is 5.92 Å². The molecule has 0 aromatic carbocycles. The molecule has 0 saturated carbocycles. The van der Waals surface area contributed by atoms with Gasteiger partial charge in [0.15, 0.2) is 0 Å². The van der Waals surface area contributed by atoms with Gasteiger partial charge in [0, 0.05) is 32.5 Å². The van der Waals surface area contributed by atoms with Crippen LogP contribution in [0.4, 0.5) is 0 Å². The molecule has 4 heteroatoms. The van der Waals surface area contributed by atoms with Crippen LogP contribution < -0.4 is 5.32 Å². The van der Waals surface area contributed by atoms with Crippen LogP contribution in [0.2, 0.25) is 0 Å². The van der Waals surface area contributed by atoms with Gasteiger partial charge in [-0.05, 0) is 19.4 Å². The van der Waals surface area contributed by atoms with Crippen LogP contribution in [-0.2, 0) is 9.59 Å². The summed E-state index contributed by atoms with van der Waals surface area (Å²) in [4.78, 5) is 23.4. The summed E-state index contributed by atoms with van der Waals surface area (Å²) in [7, 11) is 0. The van der Waals surface area contributed by atoms with E-state index in [0.29, 0.717) is 6.54 Å². The molecule has 1 rings (SSSR count). The van der Waals surface area contributed by atoms with Crippen LogP contribution in [0.1, 0.15) is 19.8 Å². The molecule has 1 fully saturated rings. The topological polar surface area (TPSA) is 49.4 Å². The van der Waals surface area contributed by atoms with E-state index in [9.17, 15) is 9.59 Å². The summed E-state index contributed by atoms with van der Waals surface area (Å²) in [5.74, 6) is 0.204. The van der Waals surface area contributed by atoms with Gasteiger partial charge >= 0.3 is 0 Å². The number of nitrogens with zero attached hydrogens (tertiary/aromatic N) is 1. The first kappa shape index (κ1) is 11.2. The maximum atomic E-state index is 10.6. The summed E-state index contributed by atoms with van der Waals surface area (Å²) in [6.45, 7) is 4.95. The second kappa shape index (κ2) is 5.75. The number of carbonyl (C=O) groups is 2. The Morgan fingerprint density at radius 3 is 3.07 bits per heavy atom. The van der Waals surface area contributed by atoms with E-state index >= 15 is 0 Å². The highest BCUT2D eigenvalue weighted by Crippen LogP contribution is 2.13. The van der Waals surface area contributed by atoms with Crippen molar-refractivity contribution in [3.63, 3.8) is 0 Å². The maximum absolute atomic E-state index is 10.6. The summed E-state index contributed by atoms with van der Waals surface area (Å²) in [6.07, 6.45) is 3.15. The van der Waals surface area contributed by atoms with Gasteiger partial charge in [-0.1, -0.05) is 0 Å². The Bertz CT molecular complexity index is 206. The molecule has 4 nitrogen and oxygen atoms in total. The standard InChI is InChI=1S/C10H18N2O2/c1-9(14)11-4-6-12-5-2-3-10(7-12)8-13/h8,10H,2-7H2,1H3,(H,11,14). The van der Waals surface area contributed by atoms with Gasteiger partial charge < -0.3 is 15.0 Å². The van der Waals surface area contributed by atoms with Crippen LogP contribution in [0, 0.1) is 5.92 Å². The summed E-state index contributed by atoms with van der Waals surface area (Å²) in [5, 5.41) is 2.76. The first-order chi connectivity index (χ1) is 6.72. The first-order valence-electron chi connectivity index (χ1n) is 5.14. The highest BCUT2D eigenvalue weighted by molar-refractivity contribution is 5.72. The van der Waals surface area contributed by atoms with Crippen molar-refractivity contribution < 1.29 is 9.59 Å². The molecule has 1 aliphatic rings. The van der Waals surface area contributed by atoms with Crippen molar-refractivity contribution in [3.8, 4) is 0 Å². The van der Waals surface area contributed by atoms with E-state index in [4.69, 9.17) is 0 Å². The average Bonchev–Trinajstić information content (AvgIpc) is 2.18. The summed E-state index contributed by atoms with van der Waals surface area (Å²) in [5.41, 5.74) is 0. The summed E-state index contributed by atoms with van der Waals surface area (Å²) >= 11 is 0. The molecule has 1 heterocycles. The van der Waals surface area contributed by atoms with Gasteiger partial charge in [0.2, 0.25) is 5.91 Å². The second-order valence-corrected chi connectivity index (χ2v) is 3.82. The molecule has 1 aliphatic heterocycles. The fourth-order valence-electron chi connectivity index (χ4n) is 1.80. The second-order valence-electron chi connectivity index (χ2n) is 3.82. The molecule has 1 atom stereocenters. The van der Waals surface area contributed by atoms with Crippen molar-refractivity contribution in [2.45, 2.75) is 19.8 Å². The largest absolute Gasteiger partial charge is 0.355 e. The van der Waals surface area contributed by atoms with Crippen LogP contribution >= 0.6 is 0 Å². The minimum absolute atomic E-state index is 0.00828. The van der Waals surface area contributed by atoms with Gasteiger partial charge in [-0.2, -0.15) is 0 Å². The fraction of sp³-hybridized carbons (Fsp3) is 0.800. The molecule has 1 N–H and O–H groups in total. The Morgan fingerprint density at radius 1 is 1.64 bits per heavy atom. The van der Waals surface area contributed by atoms with Crippen molar-refractivity contribution in [1.29, 1.82) is 0 Å². The number of nitrogens with one attached hydrogen (secondary N) is 1. The highest BCUT2D eigenvalue weighted by Gasteiger charge is 2.18. The van der Waals surface area contributed by atoms with Crippen LogP contribution in [0.5, 0.6) is 0 Å². The lowest BCUT2D eigenvalue weighted by molar-refractivity contribution is -0.119. The van der Waals surface area contributed by atoms with E-state index in [1.54, 1.807) is 0 Å². The molecule has 0 spiro atoms. The average molecular weight is 198 g/mol. The van der Waals surface area contributed by atoms with Gasteiger partial charge in [0.25, 0.3) is 0 Å². The Labute approximate surface area is 84.7 Å². The smallest absolute Gasteiger partial charge is 0.216 e. The fourth-order valence-corrected chi connectivity index (χ4v) is 1.80. The molecule has 14 heavy (non-hydrogen) atoms. The SMILES string of the molecule is CC(=O)NCCN1CCCC(C=O)C1. The number of hydrogen-bond acceptors (Lipinski definition) is 3. The minimum Gasteiger partial charge on any atom is -0.355 e. The van der Waals surface area contributed by atoms with Crippen LogP contribution in [-0.4, -0.2) is 43.3 Å². The van der Waals surface area contributed by atoms with Gasteiger partial charge in [0.05, 0.1) is 0 Å². The molecule has 1 amide bonds. The molecule has 1 unspecified atom stereocenters. The molecule has 0 aromatic rings. The summed E-state index contributed by atoms with van der Waals surface area (Å²) in [6, 6.07) is 0. The Morgan fingerprint density at radius 2 is 2.43 bits per heavy atom.